The number of carbonyl (C=O) groups excluding carboxylic acids is 5. The summed E-state index contributed by atoms with van der Waals surface area (Å²) in [7, 11) is 0. The van der Waals surface area contributed by atoms with Crippen LogP contribution in [0.2, 0.25) is 0 Å². The van der Waals surface area contributed by atoms with Crippen LogP contribution in [0.5, 0.6) is 0 Å². The van der Waals surface area contributed by atoms with Gasteiger partial charge < -0.3 is 166 Å². The topological polar surface area (TPSA) is 321 Å². The molecule has 4 N–H and O–H groups in total. The summed E-state index contributed by atoms with van der Waals surface area (Å²) in [4.78, 5) is 59.5. The van der Waals surface area contributed by atoms with Crippen molar-refractivity contribution in [1.82, 2.24) is 0 Å². The number of thiol groups is 4. The summed E-state index contributed by atoms with van der Waals surface area (Å²) in [6.45, 7) is 19.0. The molecule has 0 aromatic rings. The van der Waals surface area contributed by atoms with Crippen LogP contribution < -0.4 is 0 Å². The fourth-order valence-corrected chi connectivity index (χ4v) is 2.90. The number of ether oxygens (including phenoxy) is 6. The number of rotatable bonds is 27. The van der Waals surface area contributed by atoms with E-state index >= 15 is 0 Å². The van der Waals surface area contributed by atoms with Crippen LogP contribution in [0.4, 0.5) is 0 Å². The molecule has 0 saturated carbocycles. The molecule has 0 bridgehead atoms. The van der Waals surface area contributed by atoms with Crippen LogP contribution in [0.1, 0.15) is 32.1 Å². The van der Waals surface area contributed by atoms with Crippen molar-refractivity contribution >= 4 is 80.2 Å². The second-order valence-corrected chi connectivity index (χ2v) is 8.22. The molecule has 0 aromatic heterocycles. The summed E-state index contributed by atoms with van der Waals surface area (Å²) in [6, 6.07) is 0. The molecule has 58 heavy (non-hydrogen) atoms. The Morgan fingerprint density at radius 1 is 0.466 bits per heavy atom. The zero-order chi connectivity index (χ0) is 47.6. The van der Waals surface area contributed by atoms with Crippen molar-refractivity contribution in [3.05, 3.63) is 75.4 Å². The maximum absolute atomic E-state index is 12.1. The monoisotopic (exact) mass is 1130 g/mol. The molecular weight excluding hydrogens is 1080 g/mol. The van der Waals surface area contributed by atoms with Crippen LogP contribution in [0.15, 0.2) is 12.8 Å². The molecule has 0 aliphatic heterocycles. The fraction of sp³-hybridized carbons (Fsp3) is 0.552. The standard InChI is InChI=1S/C28H41O11.CH3.5Co.4H2NS.5O/c1-7-20(29)13-34-18-25(37-15-22(31)9-3)27(36-12-6)28(39-17-24(33)11-5)26(38-16-23(32)10-4)19-35-14-21(30)8-2;;;;;;;4*1-2;;;;;/h12,25-28H,1-11,13-19H2;1H3;;;;;;4*1-2H;;;;;/q-5;-1;;;;;;4*-1;;;;;. The Kier molecular flexibility index (Phi) is 125. The first-order valence-corrected chi connectivity index (χ1v) is 18.0. The predicted molar refractivity (Wildman–Crippen MR) is 204 cm³/mol. The molecule has 4 unspecified atom stereocenters. The van der Waals surface area contributed by atoms with Crippen LogP contribution in [-0.4, -0.2) is 99.6 Å². The van der Waals surface area contributed by atoms with Gasteiger partial charge in [-0.25, -0.2) is 0 Å². The second-order valence-electron chi connectivity index (χ2n) is 8.22. The molecule has 0 aliphatic carbocycles. The van der Waals surface area contributed by atoms with Gasteiger partial charge in [0.1, 0.15) is 80.3 Å². The molecule has 0 spiro atoms. The minimum absolute atomic E-state index is 0. The molecule has 0 aromatic carbocycles. The normalized spacial score (nSPS) is 10.4. The average Bonchev–Trinajstić information content (AvgIpc) is 3.31. The van der Waals surface area contributed by atoms with Gasteiger partial charge in [0.25, 0.3) is 0 Å². The SMILES string of the molecule is C=COC(C(COCC(=O)C[CH2-])OCC(=O)C[CH2-])C(OCC(=O)C[CH2-])C(COCC(=O)C[CH2-])OCC(=O)C[CH2-].[CH3-].[NH-]S.[NH-]S.[NH-]S.[NH-]S.[O]=[Co].[O]=[Co].[O]=[Co].[O]=[Co].[O]=[Co]. The van der Waals surface area contributed by atoms with Crippen LogP contribution in [-0.2, 0) is 150 Å². The van der Waals surface area contributed by atoms with Gasteiger partial charge in [-0.05, 0) is 0 Å². The van der Waals surface area contributed by atoms with E-state index in [0.29, 0.717) is 0 Å². The molecule has 0 rings (SSSR count). The fourth-order valence-electron chi connectivity index (χ4n) is 2.90. The predicted octanol–water partition coefficient (Wildman–Crippen LogP) is 5.05. The van der Waals surface area contributed by atoms with E-state index in [2.05, 4.69) is 171 Å². The minimum atomic E-state index is -1.17. The number of carbonyl (C=O) groups is 5. The van der Waals surface area contributed by atoms with Gasteiger partial charge in [-0.3, -0.25) is 0 Å². The van der Waals surface area contributed by atoms with E-state index in [-0.39, 0.29) is 108 Å². The van der Waals surface area contributed by atoms with Gasteiger partial charge in [0.2, 0.25) is 0 Å². The van der Waals surface area contributed by atoms with E-state index in [1.165, 1.54) is 0 Å². The van der Waals surface area contributed by atoms with E-state index in [1.54, 1.807) is 0 Å². The van der Waals surface area contributed by atoms with Gasteiger partial charge in [0.05, 0.1) is 19.5 Å². The Balaban J connectivity index is -0.000000113. The van der Waals surface area contributed by atoms with Crippen molar-refractivity contribution in [2.75, 3.05) is 46.2 Å². The van der Waals surface area contributed by atoms with Crippen molar-refractivity contribution in [1.29, 1.82) is 0 Å². The van der Waals surface area contributed by atoms with Gasteiger partial charge in [0, 0.05) is 0 Å². The molecule has 4 atom stereocenters. The first kappa shape index (κ1) is 85.7. The summed E-state index contributed by atoms with van der Waals surface area (Å²) < 4.78 is 73.8. The summed E-state index contributed by atoms with van der Waals surface area (Å²) in [6.07, 6.45) is -3.46. The number of Topliss-reactive ketones (excluding diaryl/α,β-unsaturated/α-hetero) is 5. The van der Waals surface area contributed by atoms with Crippen LogP contribution in [0.25, 0.3) is 20.6 Å². The number of hydrogen-bond acceptors (Lipinski definition) is 20. The first-order valence-electron chi connectivity index (χ1n) is 14.1. The Hall–Kier alpha value is 0.462. The molecule has 0 aliphatic rings. The van der Waals surface area contributed by atoms with Crippen molar-refractivity contribution < 1.29 is 150 Å². The zero-order valence-electron chi connectivity index (χ0n) is 31.1. The van der Waals surface area contributed by atoms with Crippen molar-refractivity contribution in [2.24, 2.45) is 0 Å². The van der Waals surface area contributed by atoms with Gasteiger partial charge in [-0.1, -0.05) is 6.58 Å². The molecule has 363 valence electrons. The molecule has 0 heterocycles. The van der Waals surface area contributed by atoms with E-state index in [9.17, 15) is 24.0 Å². The summed E-state index contributed by atoms with van der Waals surface area (Å²) in [5.74, 6) is -1.54. The number of ketones is 5. The first-order chi connectivity index (χ1) is 27.7. The maximum atomic E-state index is 12.1. The summed E-state index contributed by atoms with van der Waals surface area (Å²) in [5, 5.41) is 21.8. The molecule has 0 radical (unpaired) electrons. The van der Waals surface area contributed by atoms with Gasteiger partial charge in [-0.15, -0.1) is 32.1 Å². The van der Waals surface area contributed by atoms with Crippen molar-refractivity contribution in [3.8, 4) is 0 Å². The van der Waals surface area contributed by atoms with Crippen molar-refractivity contribution in [2.45, 2.75) is 56.5 Å². The number of hydrogen-bond donors (Lipinski definition) is 4. The van der Waals surface area contributed by atoms with E-state index in [1.807, 2.05) is 0 Å². The molecule has 20 nitrogen and oxygen atoms in total. The third-order valence-corrected chi connectivity index (χ3v) is 5.15. The van der Waals surface area contributed by atoms with Crippen LogP contribution in [0, 0.1) is 42.0 Å². The van der Waals surface area contributed by atoms with E-state index in [0.717, 1.165) is 6.26 Å². The van der Waals surface area contributed by atoms with Gasteiger partial charge >= 0.3 is 97.7 Å². The van der Waals surface area contributed by atoms with E-state index in [4.69, 9.17) is 68.3 Å². The third kappa shape index (κ3) is 63.1. The molecule has 0 saturated heterocycles. The molecule has 0 fully saturated rings. The quantitative estimate of drug-likeness (QED) is 0.0475. The average molecular weight is 1140 g/mol. The molecule has 29 heteroatoms. The Bertz CT molecular complexity index is 902. The van der Waals surface area contributed by atoms with Crippen LogP contribution in [0.3, 0.4) is 0 Å². The Labute approximate surface area is 405 Å². The van der Waals surface area contributed by atoms with Crippen molar-refractivity contribution in [3.63, 3.8) is 0 Å². The Morgan fingerprint density at radius 3 is 0.931 bits per heavy atom. The second kappa shape index (κ2) is 84.9. The van der Waals surface area contributed by atoms with Gasteiger partial charge in [0.15, 0.2) is 6.10 Å². The zero-order valence-corrected chi connectivity index (χ0v) is 39.9. The van der Waals surface area contributed by atoms with E-state index < -0.39 is 31.0 Å². The summed E-state index contributed by atoms with van der Waals surface area (Å²) in [5.41, 5.74) is 0. The Morgan fingerprint density at radius 2 is 0.690 bits per heavy atom. The van der Waals surface area contributed by atoms with Gasteiger partial charge in [-0.2, -0.15) is 0 Å². The molecular formula is C29H52Co5N4O16S4-10. The van der Waals surface area contributed by atoms with Crippen LogP contribution >= 0.6 is 51.3 Å². The molecule has 0 amide bonds. The summed E-state index contributed by atoms with van der Waals surface area (Å²) >= 11 is 22.7. The number of nitrogens with one attached hydrogen (secondary N) is 4. The third-order valence-electron chi connectivity index (χ3n) is 5.15.